The fourth-order valence-electron chi connectivity index (χ4n) is 3.04. The fourth-order valence-corrected chi connectivity index (χ4v) is 4.21. The normalized spacial score (nSPS) is 31.8. The summed E-state index contributed by atoms with van der Waals surface area (Å²) in [5.41, 5.74) is -5.89. The van der Waals surface area contributed by atoms with Gasteiger partial charge in [-0.3, -0.25) is 0 Å². The first-order chi connectivity index (χ1) is 8.93. The predicted octanol–water partition coefficient (Wildman–Crippen LogP) is 3.45. The summed E-state index contributed by atoms with van der Waals surface area (Å²) in [7, 11) is -6.25. The molecule has 0 spiro atoms. The number of fused-ring (bicyclic) bond motifs is 2. The van der Waals surface area contributed by atoms with E-state index >= 15 is 0 Å². The molecule has 2 nitrogen and oxygen atoms in total. The molecule has 2 bridgehead atoms. The van der Waals surface area contributed by atoms with Crippen LogP contribution in [-0.4, -0.2) is 25.4 Å². The van der Waals surface area contributed by atoms with Crippen molar-refractivity contribution >= 4 is 9.84 Å². The molecule has 1 fully saturated rings. The smallest absolute Gasteiger partial charge is 0.219 e. The van der Waals surface area contributed by atoms with Crippen molar-refractivity contribution in [3.63, 3.8) is 0 Å². The molecule has 2 rings (SSSR count). The van der Waals surface area contributed by atoms with Crippen molar-refractivity contribution in [2.24, 2.45) is 17.8 Å². The van der Waals surface area contributed by atoms with Gasteiger partial charge in [-0.05, 0) is 37.0 Å². The SMILES string of the molecule is O=S(=O)(C(CC1CC2C=CC1C2)C(F)(F)F)C(F)(F)F. The van der Waals surface area contributed by atoms with Crippen molar-refractivity contribution in [1.82, 2.24) is 0 Å². The Morgan fingerprint density at radius 3 is 2.00 bits per heavy atom. The molecule has 4 unspecified atom stereocenters. The minimum Gasteiger partial charge on any atom is -0.219 e. The zero-order chi connectivity index (χ0) is 15.3. The number of hydrogen-bond donors (Lipinski definition) is 0. The van der Waals surface area contributed by atoms with Crippen LogP contribution in [0.1, 0.15) is 19.3 Å². The highest BCUT2D eigenvalue weighted by molar-refractivity contribution is 7.92. The van der Waals surface area contributed by atoms with Gasteiger partial charge in [-0.25, -0.2) is 8.42 Å². The van der Waals surface area contributed by atoms with Crippen molar-refractivity contribution in [2.75, 3.05) is 0 Å². The van der Waals surface area contributed by atoms with E-state index in [0.29, 0.717) is 12.8 Å². The second-order valence-corrected chi connectivity index (χ2v) is 7.42. The van der Waals surface area contributed by atoms with Gasteiger partial charge >= 0.3 is 11.7 Å². The maximum atomic E-state index is 12.7. The molecule has 0 aromatic heterocycles. The zero-order valence-electron chi connectivity index (χ0n) is 10.1. The van der Waals surface area contributed by atoms with E-state index in [9.17, 15) is 34.8 Å². The Morgan fingerprint density at radius 1 is 1.05 bits per heavy atom. The van der Waals surface area contributed by atoms with E-state index < -0.39 is 39.1 Å². The van der Waals surface area contributed by atoms with Crippen LogP contribution in [0.4, 0.5) is 26.3 Å². The zero-order valence-corrected chi connectivity index (χ0v) is 10.9. The van der Waals surface area contributed by atoms with E-state index in [1.54, 1.807) is 6.08 Å². The van der Waals surface area contributed by atoms with E-state index in [1.165, 1.54) is 0 Å². The van der Waals surface area contributed by atoms with Gasteiger partial charge in [-0.1, -0.05) is 12.2 Å². The van der Waals surface area contributed by atoms with Gasteiger partial charge in [0.1, 0.15) is 0 Å². The summed E-state index contributed by atoms with van der Waals surface area (Å²) in [6.07, 6.45) is -2.02. The van der Waals surface area contributed by atoms with Crippen LogP contribution in [0, 0.1) is 17.8 Å². The van der Waals surface area contributed by atoms with E-state index in [2.05, 4.69) is 0 Å². The molecule has 20 heavy (non-hydrogen) atoms. The molecule has 1 saturated carbocycles. The first-order valence-electron chi connectivity index (χ1n) is 5.98. The van der Waals surface area contributed by atoms with E-state index in [1.807, 2.05) is 6.08 Å². The minimum atomic E-state index is -6.25. The van der Waals surface area contributed by atoms with E-state index in [-0.39, 0.29) is 11.8 Å². The molecule has 116 valence electrons. The average Bonchev–Trinajstić information content (AvgIpc) is 2.83. The topological polar surface area (TPSA) is 34.1 Å². The van der Waals surface area contributed by atoms with Gasteiger partial charge in [0.15, 0.2) is 5.25 Å². The van der Waals surface area contributed by atoms with Gasteiger partial charge in [0.25, 0.3) is 9.84 Å². The monoisotopic (exact) mass is 322 g/mol. The minimum absolute atomic E-state index is 0.0625. The second-order valence-electron chi connectivity index (χ2n) is 5.30. The van der Waals surface area contributed by atoms with Gasteiger partial charge in [-0.2, -0.15) is 26.3 Å². The van der Waals surface area contributed by atoms with Gasteiger partial charge in [0, 0.05) is 0 Å². The van der Waals surface area contributed by atoms with Crippen molar-refractivity contribution in [3.8, 4) is 0 Å². The lowest BCUT2D eigenvalue weighted by molar-refractivity contribution is -0.138. The molecule has 2 aliphatic carbocycles. The number of halogens is 6. The Bertz CT molecular complexity index is 504. The van der Waals surface area contributed by atoms with E-state index in [4.69, 9.17) is 0 Å². The molecule has 0 radical (unpaired) electrons. The lowest BCUT2D eigenvalue weighted by Gasteiger charge is -2.26. The number of hydrogen-bond acceptors (Lipinski definition) is 2. The Kier molecular flexibility index (Phi) is 3.63. The van der Waals surface area contributed by atoms with Crippen molar-refractivity contribution in [3.05, 3.63) is 12.2 Å². The summed E-state index contributed by atoms with van der Waals surface area (Å²) in [4.78, 5) is 0. The van der Waals surface area contributed by atoms with E-state index in [0.717, 1.165) is 0 Å². The highest BCUT2D eigenvalue weighted by Gasteiger charge is 2.61. The summed E-state index contributed by atoms with van der Waals surface area (Å²) in [5, 5.41) is -3.37. The Balaban J connectivity index is 2.24. The Morgan fingerprint density at radius 2 is 1.65 bits per heavy atom. The molecule has 9 heteroatoms. The Hall–Kier alpha value is -0.730. The number of rotatable bonds is 3. The standard InChI is InChI=1S/C11H12F6O2S/c12-10(13,14)9(20(18,19)11(15,16)17)5-8-4-6-1-2-7(8)3-6/h1-2,6-9H,3-5H2. The maximum absolute atomic E-state index is 12.7. The molecule has 0 amide bonds. The summed E-state index contributed by atoms with van der Waals surface area (Å²) >= 11 is 0. The number of alkyl halides is 6. The number of sulfone groups is 1. The van der Waals surface area contributed by atoms with Crippen LogP contribution >= 0.6 is 0 Å². The second kappa shape index (κ2) is 4.64. The van der Waals surface area contributed by atoms with Crippen LogP contribution in [0.25, 0.3) is 0 Å². The first kappa shape index (κ1) is 15.7. The molecular weight excluding hydrogens is 310 g/mol. The first-order valence-corrected chi connectivity index (χ1v) is 7.52. The van der Waals surface area contributed by atoms with Gasteiger partial charge in [0.2, 0.25) is 0 Å². The van der Waals surface area contributed by atoms with Crippen molar-refractivity contribution in [1.29, 1.82) is 0 Å². The molecule has 0 aromatic carbocycles. The van der Waals surface area contributed by atoms with Gasteiger partial charge in [-0.15, -0.1) is 0 Å². The summed E-state index contributed by atoms with van der Waals surface area (Å²) in [5.74, 6) is -0.838. The third-order valence-corrected chi connectivity index (χ3v) is 5.85. The maximum Gasteiger partial charge on any atom is 0.498 e. The van der Waals surface area contributed by atoms with Crippen LogP contribution in [0.5, 0.6) is 0 Å². The highest BCUT2D eigenvalue weighted by atomic mass is 32.2. The third kappa shape index (κ3) is 2.68. The fraction of sp³-hybridized carbons (Fsp3) is 0.818. The summed E-state index contributed by atoms with van der Waals surface area (Å²) < 4.78 is 97.6. The summed E-state index contributed by atoms with van der Waals surface area (Å²) in [6.45, 7) is 0. The molecule has 0 aromatic rings. The average molecular weight is 322 g/mol. The van der Waals surface area contributed by atoms with Crippen molar-refractivity contribution < 1.29 is 34.8 Å². The largest absolute Gasteiger partial charge is 0.498 e. The highest BCUT2D eigenvalue weighted by Crippen LogP contribution is 2.48. The van der Waals surface area contributed by atoms with Crippen LogP contribution in [0.2, 0.25) is 0 Å². The molecule has 0 aliphatic heterocycles. The van der Waals surface area contributed by atoms with Gasteiger partial charge in [0.05, 0.1) is 0 Å². The van der Waals surface area contributed by atoms with Crippen LogP contribution in [0.15, 0.2) is 12.2 Å². The van der Waals surface area contributed by atoms with Crippen LogP contribution in [-0.2, 0) is 9.84 Å². The molecule has 0 saturated heterocycles. The number of allylic oxidation sites excluding steroid dienone is 2. The third-order valence-electron chi connectivity index (χ3n) is 4.00. The lowest BCUT2D eigenvalue weighted by Crippen LogP contribution is -2.45. The predicted molar refractivity (Wildman–Crippen MR) is 58.3 cm³/mol. The van der Waals surface area contributed by atoms with Crippen LogP contribution < -0.4 is 0 Å². The molecule has 4 atom stereocenters. The Labute approximate surface area is 111 Å². The van der Waals surface area contributed by atoms with Gasteiger partial charge < -0.3 is 0 Å². The summed E-state index contributed by atoms with van der Waals surface area (Å²) in [6, 6.07) is 0. The van der Waals surface area contributed by atoms with Crippen LogP contribution in [0.3, 0.4) is 0 Å². The molecular formula is C11H12F6O2S. The molecule has 0 N–H and O–H groups in total. The molecule has 2 aliphatic rings. The van der Waals surface area contributed by atoms with Crippen molar-refractivity contribution in [2.45, 2.75) is 36.2 Å². The lowest BCUT2D eigenvalue weighted by atomic mass is 9.89. The molecule has 0 heterocycles. The quantitative estimate of drug-likeness (QED) is 0.589.